The van der Waals surface area contributed by atoms with Crippen LogP contribution in [0.25, 0.3) is 0 Å². The highest BCUT2D eigenvalue weighted by molar-refractivity contribution is 9.10. The summed E-state index contributed by atoms with van der Waals surface area (Å²) >= 11 is 3.28. The molecule has 110 valence electrons. The first kappa shape index (κ1) is 15.2. The van der Waals surface area contributed by atoms with Gasteiger partial charge in [0, 0.05) is 10.0 Å². The molecule has 1 aromatic heterocycles. The third-order valence-electron chi connectivity index (χ3n) is 2.65. The lowest BCUT2D eigenvalue weighted by Crippen LogP contribution is -2.18. The van der Waals surface area contributed by atoms with Gasteiger partial charge in [-0.05, 0) is 19.1 Å². The molecule has 0 aliphatic rings. The zero-order valence-corrected chi connectivity index (χ0v) is 12.7. The van der Waals surface area contributed by atoms with E-state index < -0.39 is 11.8 Å². The Morgan fingerprint density at radius 1 is 1.33 bits per heavy atom. The van der Waals surface area contributed by atoms with E-state index >= 15 is 0 Å². The summed E-state index contributed by atoms with van der Waals surface area (Å²) in [5.41, 5.74) is 0.227. The lowest BCUT2D eigenvalue weighted by molar-refractivity contribution is 0.0508. The van der Waals surface area contributed by atoms with Crippen LogP contribution in [-0.4, -0.2) is 38.5 Å². The minimum Gasteiger partial charge on any atom is -0.490 e. The highest BCUT2D eigenvalue weighted by Crippen LogP contribution is 2.16. The largest absolute Gasteiger partial charge is 0.490 e. The zero-order valence-electron chi connectivity index (χ0n) is 11.1. The molecule has 0 bridgehead atoms. The zero-order chi connectivity index (χ0) is 15.4. The molecule has 7 nitrogen and oxygen atoms in total. The van der Waals surface area contributed by atoms with Crippen molar-refractivity contribution in [1.82, 2.24) is 15.0 Å². The van der Waals surface area contributed by atoms with Gasteiger partial charge in [-0.25, -0.2) is 9.48 Å². The fourth-order valence-corrected chi connectivity index (χ4v) is 1.94. The Labute approximate surface area is 128 Å². The molecule has 2 rings (SSSR count). The van der Waals surface area contributed by atoms with Crippen molar-refractivity contribution in [2.75, 3.05) is 6.61 Å². The number of halogens is 1. The van der Waals surface area contributed by atoms with Gasteiger partial charge in [0.1, 0.15) is 6.54 Å². The van der Waals surface area contributed by atoms with Gasteiger partial charge in [0.25, 0.3) is 5.88 Å². The van der Waals surface area contributed by atoms with E-state index in [1.807, 2.05) is 0 Å². The number of ether oxygens (including phenoxy) is 1. The Bertz CT molecular complexity index is 667. The number of benzene rings is 1. The van der Waals surface area contributed by atoms with Crippen molar-refractivity contribution < 1.29 is 19.4 Å². The van der Waals surface area contributed by atoms with Crippen molar-refractivity contribution in [2.24, 2.45) is 0 Å². The molecule has 0 spiro atoms. The second-order valence-corrected chi connectivity index (χ2v) is 4.99. The Morgan fingerprint density at radius 3 is 2.62 bits per heavy atom. The van der Waals surface area contributed by atoms with Crippen LogP contribution in [0.5, 0.6) is 5.88 Å². The lowest BCUT2D eigenvalue weighted by atomic mass is 10.1. The molecule has 8 heteroatoms. The molecular weight excluding hydrogens is 342 g/mol. The summed E-state index contributed by atoms with van der Waals surface area (Å²) in [7, 11) is 0. The number of aromatic nitrogens is 3. The van der Waals surface area contributed by atoms with E-state index in [9.17, 15) is 14.7 Å². The fourth-order valence-electron chi connectivity index (χ4n) is 1.67. The fraction of sp³-hybridized carbons (Fsp3) is 0.231. The van der Waals surface area contributed by atoms with Crippen molar-refractivity contribution in [2.45, 2.75) is 13.5 Å². The molecule has 1 heterocycles. The molecule has 0 saturated carbocycles. The Balaban J connectivity index is 2.22. The van der Waals surface area contributed by atoms with Crippen molar-refractivity contribution in [3.8, 4) is 5.88 Å². The predicted molar refractivity (Wildman–Crippen MR) is 76.1 cm³/mol. The van der Waals surface area contributed by atoms with Crippen molar-refractivity contribution in [3.63, 3.8) is 0 Å². The van der Waals surface area contributed by atoms with E-state index in [0.29, 0.717) is 5.56 Å². The Kier molecular flexibility index (Phi) is 4.69. The molecule has 0 atom stereocenters. The van der Waals surface area contributed by atoms with Crippen molar-refractivity contribution in [1.29, 1.82) is 0 Å². The van der Waals surface area contributed by atoms with Gasteiger partial charge in [0.05, 0.1) is 6.61 Å². The van der Waals surface area contributed by atoms with Gasteiger partial charge in [-0.3, -0.25) is 4.79 Å². The van der Waals surface area contributed by atoms with Crippen LogP contribution in [0.3, 0.4) is 0 Å². The molecule has 0 aliphatic heterocycles. The summed E-state index contributed by atoms with van der Waals surface area (Å²) in [6.45, 7) is 1.56. The molecule has 0 unspecified atom stereocenters. The van der Waals surface area contributed by atoms with E-state index in [4.69, 9.17) is 4.74 Å². The lowest BCUT2D eigenvalue weighted by Gasteiger charge is -2.05. The number of ketones is 1. The molecule has 0 radical (unpaired) electrons. The van der Waals surface area contributed by atoms with Crippen LogP contribution in [0.4, 0.5) is 0 Å². The van der Waals surface area contributed by atoms with Crippen LogP contribution in [0, 0.1) is 0 Å². The number of hydrogen-bond donors (Lipinski definition) is 1. The van der Waals surface area contributed by atoms with Gasteiger partial charge in [-0.15, -0.1) is 0 Å². The second-order valence-electron chi connectivity index (χ2n) is 4.07. The van der Waals surface area contributed by atoms with E-state index in [1.165, 1.54) is 0 Å². The summed E-state index contributed by atoms with van der Waals surface area (Å²) in [6, 6.07) is 6.76. The van der Waals surface area contributed by atoms with E-state index in [2.05, 4.69) is 26.2 Å². The topological polar surface area (TPSA) is 94.3 Å². The Morgan fingerprint density at radius 2 is 2.00 bits per heavy atom. The van der Waals surface area contributed by atoms with Gasteiger partial charge in [-0.2, -0.15) is 0 Å². The molecular formula is C13H12BrN3O4. The minimum atomic E-state index is -0.774. The molecule has 0 amide bonds. The predicted octanol–water partition coefficient (Wildman–Crippen LogP) is 1.81. The molecule has 0 aliphatic carbocycles. The van der Waals surface area contributed by atoms with Gasteiger partial charge in [0.2, 0.25) is 5.69 Å². The van der Waals surface area contributed by atoms with Crippen LogP contribution in [0.1, 0.15) is 27.8 Å². The number of rotatable bonds is 5. The van der Waals surface area contributed by atoms with Gasteiger partial charge in [-0.1, -0.05) is 38.4 Å². The second kappa shape index (κ2) is 6.49. The summed E-state index contributed by atoms with van der Waals surface area (Å²) < 4.78 is 6.67. The van der Waals surface area contributed by atoms with Crippen molar-refractivity contribution >= 4 is 27.7 Å². The van der Waals surface area contributed by atoms with Gasteiger partial charge < -0.3 is 9.84 Å². The maximum Gasteiger partial charge on any atom is 0.362 e. The number of hydrogen-bond acceptors (Lipinski definition) is 6. The first-order valence-corrected chi connectivity index (χ1v) is 6.90. The third kappa shape index (κ3) is 3.46. The van der Waals surface area contributed by atoms with E-state index in [1.54, 1.807) is 31.2 Å². The minimum absolute atomic E-state index is 0.143. The van der Waals surface area contributed by atoms with Gasteiger partial charge >= 0.3 is 5.97 Å². The number of carbonyl (C=O) groups is 2. The summed E-state index contributed by atoms with van der Waals surface area (Å²) in [4.78, 5) is 23.8. The molecule has 1 aromatic carbocycles. The number of Topliss-reactive ketones (excluding diaryl/α,β-unsaturated/α-hetero) is 1. The standard InChI is InChI=1S/C13H12BrN3O4/c1-2-21-13(20)11-12(19)15-16-17(11)7-10(18)8-3-5-9(14)6-4-8/h3-6,19H,2,7H2,1H3. The molecule has 2 aromatic rings. The molecule has 0 fully saturated rings. The monoisotopic (exact) mass is 353 g/mol. The summed E-state index contributed by atoms with van der Waals surface area (Å²) in [6.07, 6.45) is 0. The average molecular weight is 354 g/mol. The molecule has 0 saturated heterocycles. The van der Waals surface area contributed by atoms with Crippen LogP contribution >= 0.6 is 15.9 Å². The maximum absolute atomic E-state index is 12.1. The molecule has 1 N–H and O–H groups in total. The van der Waals surface area contributed by atoms with Crippen LogP contribution < -0.4 is 0 Å². The quantitative estimate of drug-likeness (QED) is 0.650. The van der Waals surface area contributed by atoms with Crippen LogP contribution in [0.15, 0.2) is 28.7 Å². The third-order valence-corrected chi connectivity index (χ3v) is 3.17. The van der Waals surface area contributed by atoms with Crippen LogP contribution in [-0.2, 0) is 11.3 Å². The highest BCUT2D eigenvalue weighted by Gasteiger charge is 2.23. The summed E-state index contributed by atoms with van der Waals surface area (Å²) in [5.74, 6) is -1.60. The average Bonchev–Trinajstić information content (AvgIpc) is 2.80. The SMILES string of the molecule is CCOC(=O)c1c(O)nnn1CC(=O)c1ccc(Br)cc1. The van der Waals surface area contributed by atoms with E-state index in [0.717, 1.165) is 9.15 Å². The number of nitrogens with zero attached hydrogens (tertiary/aromatic N) is 3. The normalized spacial score (nSPS) is 10.4. The number of aromatic hydroxyl groups is 1. The first-order chi connectivity index (χ1) is 10.0. The Hall–Kier alpha value is -2.22. The number of esters is 1. The number of carbonyl (C=O) groups excluding carboxylic acids is 2. The van der Waals surface area contributed by atoms with Crippen molar-refractivity contribution in [3.05, 3.63) is 40.0 Å². The smallest absolute Gasteiger partial charge is 0.362 e. The summed E-state index contributed by atoms with van der Waals surface area (Å²) in [5, 5.41) is 16.5. The maximum atomic E-state index is 12.1. The molecule has 21 heavy (non-hydrogen) atoms. The van der Waals surface area contributed by atoms with Crippen LogP contribution in [0.2, 0.25) is 0 Å². The first-order valence-electron chi connectivity index (χ1n) is 6.11. The van der Waals surface area contributed by atoms with E-state index in [-0.39, 0.29) is 24.6 Å². The van der Waals surface area contributed by atoms with Gasteiger partial charge in [0.15, 0.2) is 5.78 Å². The highest BCUT2D eigenvalue weighted by atomic mass is 79.9.